The fourth-order valence-electron chi connectivity index (χ4n) is 7.74. The molecule has 6 nitrogen and oxygen atoms in total. The topological polar surface area (TPSA) is 58.8 Å². The Morgan fingerprint density at radius 2 is 0.891 bits per heavy atom. The minimum absolute atomic E-state index is 0.509. The predicted octanol–water partition coefficient (Wildman–Crippen LogP) is 14.2. The van der Waals surface area contributed by atoms with Gasteiger partial charge < -0.3 is 23.1 Å². The van der Waals surface area contributed by atoms with Crippen LogP contribution in [0.5, 0.6) is 0 Å². The summed E-state index contributed by atoms with van der Waals surface area (Å²) in [6, 6.07) is 64.3. The first kappa shape index (κ1) is 31.0. The maximum atomic E-state index is 6.85. The molecule has 260 valence electrons. The summed E-state index contributed by atoms with van der Waals surface area (Å²) >= 11 is 0. The lowest BCUT2D eigenvalue weighted by Gasteiger charge is -2.29. The van der Waals surface area contributed by atoms with Gasteiger partial charge in [-0.05, 0) is 97.1 Å². The molecule has 0 saturated carbocycles. The Kier molecular flexibility index (Phi) is 7.07. The number of rotatable bonds is 7. The number of anilines is 6. The highest BCUT2D eigenvalue weighted by atomic mass is 16.4. The van der Waals surface area contributed by atoms with E-state index >= 15 is 0 Å². The smallest absolute Gasteiger partial charge is 0.227 e. The second-order valence-electron chi connectivity index (χ2n) is 13.6. The Morgan fingerprint density at radius 3 is 1.56 bits per heavy atom. The minimum Gasteiger partial charge on any atom is -0.456 e. The molecule has 6 heteroatoms. The third kappa shape index (κ3) is 5.23. The van der Waals surface area contributed by atoms with Crippen molar-refractivity contribution < 1.29 is 13.3 Å². The van der Waals surface area contributed by atoms with Crippen LogP contribution in [0.3, 0.4) is 0 Å². The SMILES string of the molecule is c1ccc(N(c2cc(N(c3ccccc3)c3ccccc3)c3oc(-c4ccc5c(c4)oc4ccccc45)nc3c2)c2ccc3oc4ccccc4c3c2)cc1. The predicted molar refractivity (Wildman–Crippen MR) is 223 cm³/mol. The maximum Gasteiger partial charge on any atom is 0.227 e. The first-order chi connectivity index (χ1) is 27.2. The van der Waals surface area contributed by atoms with E-state index in [4.69, 9.17) is 18.2 Å². The van der Waals surface area contributed by atoms with Crippen molar-refractivity contribution in [3.63, 3.8) is 0 Å². The molecule has 8 aromatic carbocycles. The van der Waals surface area contributed by atoms with Crippen LogP contribution in [0.2, 0.25) is 0 Å². The molecule has 3 aromatic heterocycles. The van der Waals surface area contributed by atoms with Crippen LogP contribution in [-0.4, -0.2) is 4.98 Å². The Morgan fingerprint density at radius 1 is 0.345 bits per heavy atom. The second-order valence-corrected chi connectivity index (χ2v) is 13.6. The fraction of sp³-hybridized carbons (Fsp3) is 0. The molecule has 55 heavy (non-hydrogen) atoms. The molecule has 0 aliphatic rings. The molecule has 0 N–H and O–H groups in total. The second kappa shape index (κ2) is 12.5. The van der Waals surface area contributed by atoms with Gasteiger partial charge in [0.15, 0.2) is 5.58 Å². The quantitative estimate of drug-likeness (QED) is 0.164. The molecule has 3 heterocycles. The van der Waals surface area contributed by atoms with Crippen molar-refractivity contribution in [2.75, 3.05) is 9.80 Å². The molecule has 0 bridgehead atoms. The molecular weight excluding hydrogens is 679 g/mol. The van der Waals surface area contributed by atoms with E-state index in [2.05, 4.69) is 143 Å². The number of para-hydroxylation sites is 5. The van der Waals surface area contributed by atoms with E-state index in [9.17, 15) is 0 Å². The first-order valence-electron chi connectivity index (χ1n) is 18.3. The number of benzene rings is 8. The van der Waals surface area contributed by atoms with E-state index in [1.807, 2.05) is 54.6 Å². The molecular formula is C49H31N3O3. The van der Waals surface area contributed by atoms with Crippen molar-refractivity contribution in [1.82, 2.24) is 4.98 Å². The fourth-order valence-corrected chi connectivity index (χ4v) is 7.74. The molecule has 0 atom stereocenters. The number of hydrogen-bond donors (Lipinski definition) is 0. The lowest BCUT2D eigenvalue weighted by Crippen LogP contribution is -2.13. The first-order valence-corrected chi connectivity index (χ1v) is 18.3. The lowest BCUT2D eigenvalue weighted by atomic mass is 10.1. The van der Waals surface area contributed by atoms with E-state index in [0.717, 1.165) is 89.1 Å². The number of furan rings is 2. The van der Waals surface area contributed by atoms with Crippen LogP contribution in [0.25, 0.3) is 66.4 Å². The number of nitrogens with zero attached hydrogens (tertiary/aromatic N) is 3. The summed E-state index contributed by atoms with van der Waals surface area (Å²) in [6.45, 7) is 0. The van der Waals surface area contributed by atoms with Crippen LogP contribution in [0.4, 0.5) is 34.1 Å². The van der Waals surface area contributed by atoms with Crippen molar-refractivity contribution in [2.45, 2.75) is 0 Å². The van der Waals surface area contributed by atoms with E-state index in [-0.39, 0.29) is 0 Å². The standard InChI is InChI=1S/C49H31N3O3/c1-4-14-33(15-5-1)51(36-25-27-46-41(29-36)39-21-11-13-23-45(39)53-46)37-30-42-48(43(31-37)52(34-16-6-2-7-17-34)35-18-8-3-9-19-35)55-49(50-42)32-24-26-40-38-20-10-12-22-44(38)54-47(40)28-32/h1-31H. The van der Waals surface area contributed by atoms with Crippen LogP contribution >= 0.6 is 0 Å². The summed E-state index contributed by atoms with van der Waals surface area (Å²) in [5.41, 5.74) is 11.3. The normalized spacial score (nSPS) is 11.6. The Hall–Kier alpha value is -7.57. The van der Waals surface area contributed by atoms with Crippen LogP contribution in [0.1, 0.15) is 0 Å². The molecule has 0 radical (unpaired) electrons. The average molecular weight is 710 g/mol. The average Bonchev–Trinajstić information content (AvgIpc) is 3.95. The monoisotopic (exact) mass is 709 g/mol. The van der Waals surface area contributed by atoms with Crippen molar-refractivity contribution in [2.24, 2.45) is 0 Å². The molecule has 0 aliphatic carbocycles. The molecule has 0 aliphatic heterocycles. The minimum atomic E-state index is 0.509. The zero-order chi connectivity index (χ0) is 36.3. The number of hydrogen-bond acceptors (Lipinski definition) is 6. The van der Waals surface area contributed by atoms with Gasteiger partial charge in [0.05, 0.1) is 11.4 Å². The molecule has 0 saturated heterocycles. The summed E-state index contributed by atoms with van der Waals surface area (Å²) in [5, 5.41) is 4.26. The van der Waals surface area contributed by atoms with E-state index < -0.39 is 0 Å². The molecule has 0 amide bonds. The van der Waals surface area contributed by atoms with E-state index in [1.165, 1.54) is 0 Å². The van der Waals surface area contributed by atoms with E-state index in [1.54, 1.807) is 0 Å². The van der Waals surface area contributed by atoms with Gasteiger partial charge in [0, 0.05) is 49.9 Å². The van der Waals surface area contributed by atoms with Gasteiger partial charge >= 0.3 is 0 Å². The summed E-state index contributed by atoms with van der Waals surface area (Å²) in [7, 11) is 0. The van der Waals surface area contributed by atoms with Gasteiger partial charge in [-0.2, -0.15) is 0 Å². The molecule has 11 rings (SSSR count). The third-order valence-corrected chi connectivity index (χ3v) is 10.2. The van der Waals surface area contributed by atoms with Gasteiger partial charge in [-0.15, -0.1) is 0 Å². The van der Waals surface area contributed by atoms with E-state index in [0.29, 0.717) is 11.5 Å². The summed E-state index contributed by atoms with van der Waals surface area (Å²) in [6.07, 6.45) is 0. The third-order valence-electron chi connectivity index (χ3n) is 10.2. The van der Waals surface area contributed by atoms with Gasteiger partial charge in [-0.25, -0.2) is 4.98 Å². The lowest BCUT2D eigenvalue weighted by molar-refractivity contribution is 0.619. The summed E-state index contributed by atoms with van der Waals surface area (Å²) in [5.74, 6) is 0.509. The van der Waals surface area contributed by atoms with Crippen molar-refractivity contribution >= 4 is 89.1 Å². The van der Waals surface area contributed by atoms with Gasteiger partial charge in [-0.3, -0.25) is 0 Å². The van der Waals surface area contributed by atoms with Crippen LogP contribution in [0.15, 0.2) is 201 Å². The maximum absolute atomic E-state index is 6.85. The highest BCUT2D eigenvalue weighted by Crippen LogP contribution is 2.46. The van der Waals surface area contributed by atoms with Crippen molar-refractivity contribution in [1.29, 1.82) is 0 Å². The Balaban J connectivity index is 1.17. The zero-order valence-electron chi connectivity index (χ0n) is 29.5. The van der Waals surface area contributed by atoms with Crippen LogP contribution in [-0.2, 0) is 0 Å². The number of aromatic nitrogens is 1. The van der Waals surface area contributed by atoms with Crippen LogP contribution in [0, 0.1) is 0 Å². The number of oxazole rings is 1. The zero-order valence-corrected chi connectivity index (χ0v) is 29.5. The molecule has 0 spiro atoms. The molecule has 11 aromatic rings. The van der Waals surface area contributed by atoms with Crippen molar-refractivity contribution in [3.05, 3.63) is 188 Å². The van der Waals surface area contributed by atoms with Gasteiger partial charge in [0.25, 0.3) is 0 Å². The largest absolute Gasteiger partial charge is 0.456 e. The number of fused-ring (bicyclic) bond motifs is 7. The molecule has 0 fully saturated rings. The highest BCUT2D eigenvalue weighted by Gasteiger charge is 2.25. The Bertz CT molecular complexity index is 3130. The molecule has 0 unspecified atom stereocenters. The highest BCUT2D eigenvalue weighted by molar-refractivity contribution is 6.08. The van der Waals surface area contributed by atoms with Gasteiger partial charge in [0.2, 0.25) is 5.89 Å². The van der Waals surface area contributed by atoms with Crippen LogP contribution < -0.4 is 9.80 Å². The van der Waals surface area contributed by atoms with Gasteiger partial charge in [-0.1, -0.05) is 91.0 Å². The van der Waals surface area contributed by atoms with Gasteiger partial charge in [0.1, 0.15) is 27.8 Å². The van der Waals surface area contributed by atoms with Crippen molar-refractivity contribution in [3.8, 4) is 11.5 Å². The summed E-state index contributed by atoms with van der Waals surface area (Å²) in [4.78, 5) is 9.72. The Labute approximate surface area is 315 Å². The summed E-state index contributed by atoms with van der Waals surface area (Å²) < 4.78 is 19.4.